The van der Waals surface area contributed by atoms with Gasteiger partial charge in [0.05, 0.1) is 47.6 Å². The fourth-order valence-electron chi connectivity index (χ4n) is 3.96. The zero-order valence-electron chi connectivity index (χ0n) is 14.9. The van der Waals surface area contributed by atoms with Gasteiger partial charge in [-0.05, 0) is 24.3 Å². The van der Waals surface area contributed by atoms with E-state index in [0.717, 1.165) is 48.9 Å². The number of nitrogens with zero attached hydrogens (tertiary/aromatic N) is 5. The van der Waals surface area contributed by atoms with Gasteiger partial charge < -0.3 is 19.5 Å². The maximum absolute atomic E-state index is 8.99. The molecule has 0 aliphatic carbocycles. The van der Waals surface area contributed by atoms with E-state index < -0.39 is 0 Å². The normalized spacial score (nSPS) is 22.0. The maximum Gasteiger partial charge on any atom is 0.207 e. The summed E-state index contributed by atoms with van der Waals surface area (Å²) in [6.07, 6.45) is 1.83. The first-order valence-electron chi connectivity index (χ1n) is 9.22. The van der Waals surface area contributed by atoms with Crippen LogP contribution >= 0.6 is 0 Å². The second-order valence-electron chi connectivity index (χ2n) is 7.01. The van der Waals surface area contributed by atoms with Gasteiger partial charge in [0, 0.05) is 25.8 Å². The first-order valence-corrected chi connectivity index (χ1v) is 9.22. The van der Waals surface area contributed by atoms with Crippen LogP contribution in [0.2, 0.25) is 0 Å². The van der Waals surface area contributed by atoms with Crippen LogP contribution in [0.5, 0.6) is 0 Å². The largest absolute Gasteiger partial charge is 0.373 e. The van der Waals surface area contributed by atoms with Crippen LogP contribution in [0.15, 0.2) is 42.6 Å². The van der Waals surface area contributed by atoms with Crippen LogP contribution in [-0.2, 0) is 11.3 Å². The summed E-state index contributed by atoms with van der Waals surface area (Å²) < 4.78 is 8.14. The van der Waals surface area contributed by atoms with Crippen LogP contribution in [0, 0.1) is 11.3 Å². The van der Waals surface area contributed by atoms with E-state index in [0.29, 0.717) is 18.2 Å². The lowest BCUT2D eigenvalue weighted by Gasteiger charge is -2.25. The highest BCUT2D eigenvalue weighted by molar-refractivity contribution is 5.79. The molecule has 2 aromatic heterocycles. The Bertz CT molecular complexity index is 991. The number of anilines is 1. The molecular formula is C20H20N6O. The maximum atomic E-state index is 8.99. The number of fused-ring (bicyclic) bond motifs is 2. The molecule has 0 bridgehead atoms. The van der Waals surface area contributed by atoms with Crippen molar-refractivity contribution in [2.75, 3.05) is 31.1 Å². The number of benzene rings is 1. The highest BCUT2D eigenvalue weighted by atomic mass is 16.5. The fourth-order valence-corrected chi connectivity index (χ4v) is 3.96. The molecule has 27 heavy (non-hydrogen) atoms. The van der Waals surface area contributed by atoms with Gasteiger partial charge in [-0.15, -0.1) is 0 Å². The number of ether oxygens (including phenoxy) is 1. The molecule has 0 unspecified atom stereocenters. The van der Waals surface area contributed by atoms with Crippen molar-refractivity contribution in [1.82, 2.24) is 19.9 Å². The first-order chi connectivity index (χ1) is 13.3. The minimum absolute atomic E-state index is 0.208. The number of imidazole rings is 1. The van der Waals surface area contributed by atoms with Crippen molar-refractivity contribution >= 4 is 17.0 Å². The van der Waals surface area contributed by atoms with Crippen LogP contribution in [0.1, 0.15) is 11.3 Å². The zero-order chi connectivity index (χ0) is 18.2. The van der Waals surface area contributed by atoms with Crippen LogP contribution in [0.25, 0.3) is 11.0 Å². The quantitative estimate of drug-likeness (QED) is 0.763. The molecule has 2 fully saturated rings. The minimum Gasteiger partial charge on any atom is -0.373 e. The van der Waals surface area contributed by atoms with Gasteiger partial charge >= 0.3 is 0 Å². The summed E-state index contributed by atoms with van der Waals surface area (Å²) in [5, 5.41) is 12.5. The monoisotopic (exact) mass is 360 g/mol. The van der Waals surface area contributed by atoms with E-state index in [4.69, 9.17) is 15.0 Å². The van der Waals surface area contributed by atoms with Crippen molar-refractivity contribution in [3.05, 3.63) is 53.9 Å². The zero-order valence-corrected chi connectivity index (χ0v) is 14.9. The molecule has 0 amide bonds. The van der Waals surface area contributed by atoms with Gasteiger partial charge in [-0.25, -0.2) is 4.98 Å². The molecule has 5 rings (SSSR count). The number of pyridine rings is 1. The molecule has 4 heterocycles. The molecule has 2 atom stereocenters. The van der Waals surface area contributed by atoms with E-state index in [1.165, 1.54) is 0 Å². The third kappa shape index (κ3) is 2.93. The first kappa shape index (κ1) is 16.2. The van der Waals surface area contributed by atoms with Crippen molar-refractivity contribution in [3.63, 3.8) is 0 Å². The molecule has 0 spiro atoms. The third-order valence-corrected chi connectivity index (χ3v) is 5.30. The number of morpholine rings is 1. The minimum atomic E-state index is 0.208. The van der Waals surface area contributed by atoms with E-state index in [-0.39, 0.29) is 6.10 Å². The van der Waals surface area contributed by atoms with Crippen molar-refractivity contribution in [3.8, 4) is 6.07 Å². The molecule has 136 valence electrons. The van der Waals surface area contributed by atoms with Crippen molar-refractivity contribution < 1.29 is 4.74 Å². The van der Waals surface area contributed by atoms with Gasteiger partial charge in [0.15, 0.2) is 0 Å². The number of para-hydroxylation sites is 2. The lowest BCUT2D eigenvalue weighted by Crippen LogP contribution is -2.47. The highest BCUT2D eigenvalue weighted by Gasteiger charge is 2.37. The van der Waals surface area contributed by atoms with E-state index in [1.807, 2.05) is 30.3 Å². The predicted molar refractivity (Wildman–Crippen MR) is 102 cm³/mol. The summed E-state index contributed by atoms with van der Waals surface area (Å²) in [5.74, 6) is 0.946. The standard InChI is InChI=1S/C20H20N6O/c21-9-14-5-6-15(23-10-14)11-26-18-4-2-1-3-16(18)24-20(26)25-12-17-19(13-25)27-8-7-22-17/h1-6,10,17,19,22H,7-8,11-13H2/t17-,19-/m1/s1. The van der Waals surface area contributed by atoms with Crippen molar-refractivity contribution in [1.29, 1.82) is 5.26 Å². The summed E-state index contributed by atoms with van der Waals surface area (Å²) in [7, 11) is 0. The summed E-state index contributed by atoms with van der Waals surface area (Å²) >= 11 is 0. The number of rotatable bonds is 3. The van der Waals surface area contributed by atoms with Gasteiger partial charge in [0.2, 0.25) is 5.95 Å². The molecule has 2 aliphatic heterocycles. The van der Waals surface area contributed by atoms with Crippen LogP contribution in [0.3, 0.4) is 0 Å². The molecule has 0 radical (unpaired) electrons. The Kier molecular flexibility index (Phi) is 4.00. The molecule has 0 saturated carbocycles. The smallest absolute Gasteiger partial charge is 0.207 e. The van der Waals surface area contributed by atoms with Crippen LogP contribution in [0.4, 0.5) is 5.95 Å². The summed E-state index contributed by atoms with van der Waals surface area (Å²) in [6, 6.07) is 14.4. The Morgan fingerprint density at radius 3 is 2.96 bits per heavy atom. The van der Waals surface area contributed by atoms with E-state index in [2.05, 4.69) is 31.9 Å². The Labute approximate surface area is 157 Å². The second kappa shape index (κ2) is 6.65. The fraction of sp³-hybridized carbons (Fsp3) is 0.350. The molecule has 1 N–H and O–H groups in total. The Balaban J connectivity index is 1.52. The molecule has 2 aliphatic rings. The summed E-state index contributed by atoms with van der Waals surface area (Å²) in [4.78, 5) is 11.7. The van der Waals surface area contributed by atoms with Gasteiger partial charge in [0.25, 0.3) is 0 Å². The number of nitriles is 1. The molecule has 7 heteroatoms. The lowest BCUT2D eigenvalue weighted by molar-refractivity contribution is 0.0212. The average molecular weight is 360 g/mol. The van der Waals surface area contributed by atoms with E-state index in [9.17, 15) is 0 Å². The third-order valence-electron chi connectivity index (χ3n) is 5.30. The number of hydrogen-bond acceptors (Lipinski definition) is 6. The van der Waals surface area contributed by atoms with Gasteiger partial charge in [-0.3, -0.25) is 4.98 Å². The predicted octanol–water partition coefficient (Wildman–Crippen LogP) is 1.53. The Hall–Kier alpha value is -2.95. The molecule has 1 aromatic carbocycles. The topological polar surface area (TPSA) is 79.0 Å². The van der Waals surface area contributed by atoms with Gasteiger partial charge in [-0.1, -0.05) is 12.1 Å². The van der Waals surface area contributed by atoms with Crippen LogP contribution in [-0.4, -0.2) is 52.9 Å². The van der Waals surface area contributed by atoms with Crippen molar-refractivity contribution in [2.45, 2.75) is 18.7 Å². The molecule has 7 nitrogen and oxygen atoms in total. The highest BCUT2D eigenvalue weighted by Crippen LogP contribution is 2.28. The molecular weight excluding hydrogens is 340 g/mol. The second-order valence-corrected chi connectivity index (χ2v) is 7.01. The number of aromatic nitrogens is 3. The number of nitrogens with one attached hydrogen (secondary N) is 1. The van der Waals surface area contributed by atoms with Crippen molar-refractivity contribution in [2.24, 2.45) is 0 Å². The Morgan fingerprint density at radius 2 is 2.15 bits per heavy atom. The lowest BCUT2D eigenvalue weighted by atomic mass is 10.2. The molecule has 2 saturated heterocycles. The van der Waals surface area contributed by atoms with E-state index >= 15 is 0 Å². The SMILES string of the molecule is N#Cc1ccc(Cn2c(N3C[C@H]4NCCO[C@@H]4C3)nc3ccccc32)nc1. The van der Waals surface area contributed by atoms with Crippen LogP contribution < -0.4 is 10.2 Å². The summed E-state index contributed by atoms with van der Waals surface area (Å²) in [5.41, 5.74) is 3.54. The van der Waals surface area contributed by atoms with E-state index in [1.54, 1.807) is 6.20 Å². The number of hydrogen-bond donors (Lipinski definition) is 1. The average Bonchev–Trinajstić information content (AvgIpc) is 3.30. The van der Waals surface area contributed by atoms with Gasteiger partial charge in [0.1, 0.15) is 6.07 Å². The summed E-state index contributed by atoms with van der Waals surface area (Å²) in [6.45, 7) is 4.00. The van der Waals surface area contributed by atoms with Gasteiger partial charge in [-0.2, -0.15) is 5.26 Å². The molecule has 3 aromatic rings. The Morgan fingerprint density at radius 1 is 1.22 bits per heavy atom.